The van der Waals surface area contributed by atoms with E-state index in [0.717, 1.165) is 24.8 Å². The van der Waals surface area contributed by atoms with Gasteiger partial charge >= 0.3 is 5.97 Å². The molecule has 3 heteroatoms. The highest BCUT2D eigenvalue weighted by Gasteiger charge is 2.20. The van der Waals surface area contributed by atoms with Gasteiger partial charge in [-0.15, -0.1) is 0 Å². The molecule has 0 rings (SSSR count). The molecule has 1 atom stereocenters. The fraction of sp³-hybridized carbons (Fsp3) is 0.700. The van der Waals surface area contributed by atoms with Gasteiger partial charge in [0.05, 0.1) is 7.11 Å². The third kappa shape index (κ3) is 4.08. The van der Waals surface area contributed by atoms with Gasteiger partial charge in [-0.25, -0.2) is 4.79 Å². The van der Waals surface area contributed by atoms with Crippen LogP contribution in [-0.4, -0.2) is 26.3 Å². The number of hydrogen-bond donors (Lipinski definition) is 0. The zero-order valence-electron chi connectivity index (χ0n) is 8.63. The smallest absolute Gasteiger partial charge is 0.339 e. The van der Waals surface area contributed by atoms with E-state index in [1.54, 1.807) is 0 Å². The summed E-state index contributed by atoms with van der Waals surface area (Å²) in [6, 6.07) is 0. The largest absolute Gasteiger partial charge is 0.467 e. The van der Waals surface area contributed by atoms with Crippen molar-refractivity contribution in [3.05, 3.63) is 12.2 Å². The molecule has 0 bridgehead atoms. The van der Waals surface area contributed by atoms with Gasteiger partial charge in [0.15, 0.2) is 6.10 Å². The van der Waals surface area contributed by atoms with Gasteiger partial charge in [-0.3, -0.25) is 0 Å². The van der Waals surface area contributed by atoms with E-state index in [0.29, 0.717) is 0 Å². The normalized spacial score (nSPS) is 12.2. The SMILES string of the molecule is C=C(CCCC)C(OC)C(=O)OC. The molecule has 13 heavy (non-hydrogen) atoms. The van der Waals surface area contributed by atoms with Gasteiger partial charge in [0.2, 0.25) is 0 Å². The van der Waals surface area contributed by atoms with Crippen LogP contribution in [0.5, 0.6) is 0 Å². The molecule has 0 aromatic carbocycles. The Morgan fingerprint density at radius 3 is 2.46 bits per heavy atom. The van der Waals surface area contributed by atoms with Crippen LogP contribution in [0.2, 0.25) is 0 Å². The maximum Gasteiger partial charge on any atom is 0.339 e. The second-order valence-corrected chi connectivity index (χ2v) is 2.90. The number of carbonyl (C=O) groups excluding carboxylic acids is 1. The number of esters is 1. The molecule has 0 heterocycles. The van der Waals surface area contributed by atoms with Crippen LogP contribution in [-0.2, 0) is 14.3 Å². The first-order valence-electron chi connectivity index (χ1n) is 4.45. The van der Waals surface area contributed by atoms with Crippen molar-refractivity contribution in [1.82, 2.24) is 0 Å². The number of hydrogen-bond acceptors (Lipinski definition) is 3. The Morgan fingerprint density at radius 1 is 1.46 bits per heavy atom. The first-order chi connectivity index (χ1) is 6.17. The van der Waals surface area contributed by atoms with Crippen molar-refractivity contribution in [2.75, 3.05) is 14.2 Å². The van der Waals surface area contributed by atoms with Gasteiger partial charge in [0.25, 0.3) is 0 Å². The van der Waals surface area contributed by atoms with Crippen molar-refractivity contribution in [3.8, 4) is 0 Å². The highest BCUT2D eigenvalue weighted by atomic mass is 16.6. The molecular formula is C10H18O3. The van der Waals surface area contributed by atoms with Crippen LogP contribution in [0.4, 0.5) is 0 Å². The first kappa shape index (κ1) is 12.2. The number of ether oxygens (including phenoxy) is 2. The zero-order valence-corrected chi connectivity index (χ0v) is 8.63. The summed E-state index contributed by atoms with van der Waals surface area (Å²) in [5.41, 5.74) is 0.788. The summed E-state index contributed by atoms with van der Waals surface area (Å²) >= 11 is 0. The monoisotopic (exact) mass is 186 g/mol. The molecular weight excluding hydrogens is 168 g/mol. The lowest BCUT2D eigenvalue weighted by atomic mass is 10.1. The van der Waals surface area contributed by atoms with E-state index in [4.69, 9.17) is 4.74 Å². The Bertz CT molecular complexity index is 175. The summed E-state index contributed by atoms with van der Waals surface area (Å²) in [5, 5.41) is 0. The Labute approximate surface area is 79.7 Å². The maximum atomic E-state index is 11.1. The molecule has 1 unspecified atom stereocenters. The molecule has 0 aliphatic rings. The van der Waals surface area contributed by atoms with Gasteiger partial charge in [-0.1, -0.05) is 19.9 Å². The molecule has 0 amide bonds. The van der Waals surface area contributed by atoms with E-state index in [2.05, 4.69) is 18.2 Å². The lowest BCUT2D eigenvalue weighted by Crippen LogP contribution is -2.26. The Morgan fingerprint density at radius 2 is 2.08 bits per heavy atom. The minimum Gasteiger partial charge on any atom is -0.467 e. The highest BCUT2D eigenvalue weighted by molar-refractivity contribution is 5.77. The minimum atomic E-state index is -0.600. The van der Waals surface area contributed by atoms with E-state index in [-0.39, 0.29) is 5.97 Å². The molecule has 0 fully saturated rings. The molecule has 0 aromatic heterocycles. The van der Waals surface area contributed by atoms with Crippen LogP contribution in [0.3, 0.4) is 0 Å². The van der Waals surface area contributed by atoms with Crippen LogP contribution in [0.25, 0.3) is 0 Å². The molecule has 0 aliphatic carbocycles. The third-order valence-electron chi connectivity index (χ3n) is 1.87. The predicted octanol–water partition coefficient (Wildman–Crippen LogP) is 1.92. The van der Waals surface area contributed by atoms with Crippen LogP contribution in [0, 0.1) is 0 Å². The highest BCUT2D eigenvalue weighted by Crippen LogP contribution is 2.13. The van der Waals surface area contributed by atoms with Crippen molar-refractivity contribution in [1.29, 1.82) is 0 Å². The summed E-state index contributed by atoms with van der Waals surface area (Å²) in [5.74, 6) is -0.372. The molecule has 0 saturated heterocycles. The number of unbranched alkanes of at least 4 members (excludes halogenated alkanes) is 1. The van der Waals surface area contributed by atoms with Crippen molar-refractivity contribution in [2.24, 2.45) is 0 Å². The topological polar surface area (TPSA) is 35.5 Å². The second-order valence-electron chi connectivity index (χ2n) is 2.90. The van der Waals surface area contributed by atoms with Crippen LogP contribution in [0.1, 0.15) is 26.2 Å². The predicted molar refractivity (Wildman–Crippen MR) is 51.5 cm³/mol. The molecule has 0 spiro atoms. The zero-order chi connectivity index (χ0) is 10.3. The Kier molecular flexibility index (Phi) is 6.24. The fourth-order valence-corrected chi connectivity index (χ4v) is 1.07. The average molecular weight is 186 g/mol. The van der Waals surface area contributed by atoms with Crippen LogP contribution in [0.15, 0.2) is 12.2 Å². The molecule has 0 aromatic rings. The Balaban J connectivity index is 4.07. The standard InChI is InChI=1S/C10H18O3/c1-5-6-7-8(2)9(12-3)10(11)13-4/h9H,2,5-7H2,1,3-4H3. The van der Waals surface area contributed by atoms with Crippen molar-refractivity contribution < 1.29 is 14.3 Å². The van der Waals surface area contributed by atoms with Gasteiger partial charge in [-0.2, -0.15) is 0 Å². The minimum absolute atomic E-state index is 0.372. The third-order valence-corrected chi connectivity index (χ3v) is 1.87. The lowest BCUT2D eigenvalue weighted by molar-refractivity contribution is -0.149. The fourth-order valence-electron chi connectivity index (χ4n) is 1.07. The molecule has 76 valence electrons. The number of methoxy groups -OCH3 is 2. The van der Waals surface area contributed by atoms with Gasteiger partial charge < -0.3 is 9.47 Å². The molecule has 0 saturated carbocycles. The van der Waals surface area contributed by atoms with Crippen LogP contribution >= 0.6 is 0 Å². The molecule has 0 radical (unpaired) electrons. The summed E-state index contributed by atoms with van der Waals surface area (Å²) in [6.45, 7) is 5.90. The number of carbonyl (C=O) groups is 1. The van der Waals surface area contributed by atoms with Gasteiger partial charge in [-0.05, 0) is 18.4 Å². The molecule has 3 nitrogen and oxygen atoms in total. The summed E-state index contributed by atoms with van der Waals surface area (Å²) in [7, 11) is 2.83. The van der Waals surface area contributed by atoms with E-state index in [1.165, 1.54) is 14.2 Å². The van der Waals surface area contributed by atoms with E-state index < -0.39 is 6.10 Å². The number of rotatable bonds is 6. The quantitative estimate of drug-likeness (QED) is 0.469. The molecule has 0 N–H and O–H groups in total. The van der Waals surface area contributed by atoms with Crippen molar-refractivity contribution in [3.63, 3.8) is 0 Å². The summed E-state index contributed by atoms with van der Waals surface area (Å²) in [6.07, 6.45) is 2.31. The van der Waals surface area contributed by atoms with E-state index >= 15 is 0 Å². The van der Waals surface area contributed by atoms with Crippen molar-refractivity contribution in [2.45, 2.75) is 32.3 Å². The first-order valence-corrected chi connectivity index (χ1v) is 4.45. The average Bonchev–Trinajstić information content (AvgIpc) is 2.15. The van der Waals surface area contributed by atoms with Gasteiger partial charge in [0, 0.05) is 7.11 Å². The van der Waals surface area contributed by atoms with Gasteiger partial charge in [0.1, 0.15) is 0 Å². The van der Waals surface area contributed by atoms with Crippen molar-refractivity contribution >= 4 is 5.97 Å². The van der Waals surface area contributed by atoms with E-state index in [1.807, 2.05) is 0 Å². The Hall–Kier alpha value is -0.830. The van der Waals surface area contributed by atoms with Crippen LogP contribution < -0.4 is 0 Å². The summed E-state index contributed by atoms with van der Waals surface area (Å²) in [4.78, 5) is 11.1. The maximum absolute atomic E-state index is 11.1. The second kappa shape index (κ2) is 6.66. The van der Waals surface area contributed by atoms with E-state index in [9.17, 15) is 4.79 Å². The summed E-state index contributed by atoms with van der Waals surface area (Å²) < 4.78 is 9.57. The lowest BCUT2D eigenvalue weighted by Gasteiger charge is -2.14. The molecule has 0 aliphatic heterocycles.